The Labute approximate surface area is 182 Å². The zero-order valence-electron chi connectivity index (χ0n) is 17.7. The Morgan fingerprint density at radius 2 is 1.80 bits per heavy atom. The molecule has 1 N–H and O–H groups in total. The normalized spacial score (nSPS) is 30.4. The summed E-state index contributed by atoms with van der Waals surface area (Å²) in [7, 11) is 0. The van der Waals surface area contributed by atoms with Gasteiger partial charge in [0.2, 0.25) is 0 Å². The predicted octanol–water partition coefficient (Wildman–Crippen LogP) is 4.30. The third-order valence-corrected chi connectivity index (χ3v) is 8.41. The van der Waals surface area contributed by atoms with Gasteiger partial charge in [0, 0.05) is 24.7 Å². The van der Waals surface area contributed by atoms with E-state index in [9.17, 15) is 9.90 Å². The lowest BCUT2D eigenvalue weighted by Gasteiger charge is -2.53. The van der Waals surface area contributed by atoms with Crippen molar-refractivity contribution >= 4 is 11.3 Å². The number of thiophene rings is 1. The van der Waals surface area contributed by atoms with Gasteiger partial charge < -0.3 is 5.11 Å². The van der Waals surface area contributed by atoms with E-state index < -0.39 is 5.60 Å². The number of hydrogen-bond acceptors (Lipinski definition) is 5. The van der Waals surface area contributed by atoms with Crippen LogP contribution >= 0.6 is 11.3 Å². The summed E-state index contributed by atoms with van der Waals surface area (Å²) >= 11 is 1.62. The van der Waals surface area contributed by atoms with Crippen molar-refractivity contribution in [2.24, 2.45) is 5.92 Å². The van der Waals surface area contributed by atoms with Crippen molar-refractivity contribution in [2.45, 2.75) is 88.4 Å². The zero-order chi connectivity index (χ0) is 20.6. The van der Waals surface area contributed by atoms with Crippen LogP contribution in [0, 0.1) is 5.92 Å². The molecule has 4 heterocycles. The van der Waals surface area contributed by atoms with Crippen LogP contribution in [-0.4, -0.2) is 44.0 Å². The number of aliphatic hydroxyl groups is 1. The highest BCUT2D eigenvalue weighted by Gasteiger charge is 2.46. The van der Waals surface area contributed by atoms with Crippen molar-refractivity contribution in [2.75, 3.05) is 6.54 Å². The van der Waals surface area contributed by atoms with Gasteiger partial charge in [0.05, 0.1) is 17.0 Å². The lowest BCUT2D eigenvalue weighted by molar-refractivity contribution is -0.106. The third-order valence-electron chi connectivity index (χ3n) is 7.52. The Balaban J connectivity index is 1.32. The molecule has 2 atom stereocenters. The number of piperidine rings is 2. The smallest absolute Gasteiger partial charge is 0.266 e. The fraction of sp³-hybridized carbons (Fsp3) is 0.667. The predicted molar refractivity (Wildman–Crippen MR) is 121 cm³/mol. The van der Waals surface area contributed by atoms with Gasteiger partial charge >= 0.3 is 0 Å². The van der Waals surface area contributed by atoms with Crippen molar-refractivity contribution in [1.29, 1.82) is 0 Å². The van der Waals surface area contributed by atoms with E-state index in [1.54, 1.807) is 23.5 Å². The van der Waals surface area contributed by atoms with Crippen LogP contribution in [0.25, 0.3) is 10.6 Å². The van der Waals surface area contributed by atoms with Gasteiger partial charge in [0.15, 0.2) is 0 Å². The molecule has 2 aliphatic heterocycles. The standard InChI is InChI=1S/C24H33N3O2S/c28-23-12-11-21(22-10-5-13-30-22)25-27(23)17-24(29)14-19-8-4-9-20(15-24)26(19)16-18-6-2-1-3-7-18/h5,10-13,18-20,29H,1-4,6-9,14-17H2. The van der Waals surface area contributed by atoms with Gasteiger partial charge in [-0.25, -0.2) is 4.68 Å². The second kappa shape index (κ2) is 8.56. The highest BCUT2D eigenvalue weighted by atomic mass is 32.1. The molecule has 6 heteroatoms. The molecule has 0 radical (unpaired) electrons. The summed E-state index contributed by atoms with van der Waals surface area (Å²) in [6, 6.07) is 8.28. The minimum absolute atomic E-state index is 0.126. The fourth-order valence-electron chi connectivity index (χ4n) is 6.11. The minimum Gasteiger partial charge on any atom is -0.388 e. The van der Waals surface area contributed by atoms with E-state index >= 15 is 0 Å². The number of rotatable bonds is 5. The van der Waals surface area contributed by atoms with Gasteiger partial charge in [0.25, 0.3) is 5.56 Å². The van der Waals surface area contributed by atoms with Crippen LogP contribution in [-0.2, 0) is 6.54 Å². The molecule has 3 fully saturated rings. The molecule has 30 heavy (non-hydrogen) atoms. The summed E-state index contributed by atoms with van der Waals surface area (Å²) in [5, 5.41) is 18.2. The highest BCUT2D eigenvalue weighted by Crippen LogP contribution is 2.41. The molecule has 2 aromatic rings. The first kappa shape index (κ1) is 20.4. The maximum Gasteiger partial charge on any atom is 0.266 e. The molecular weight excluding hydrogens is 394 g/mol. The number of aromatic nitrogens is 2. The van der Waals surface area contributed by atoms with Crippen molar-refractivity contribution in [3.63, 3.8) is 0 Å². The van der Waals surface area contributed by atoms with Crippen molar-refractivity contribution in [3.8, 4) is 10.6 Å². The van der Waals surface area contributed by atoms with Crippen molar-refractivity contribution < 1.29 is 5.11 Å². The Morgan fingerprint density at radius 3 is 2.50 bits per heavy atom. The van der Waals surface area contributed by atoms with Gasteiger partial charge in [0.1, 0.15) is 5.69 Å². The maximum atomic E-state index is 12.5. The zero-order valence-corrected chi connectivity index (χ0v) is 18.5. The van der Waals surface area contributed by atoms with Crippen LogP contribution in [0.3, 0.4) is 0 Å². The van der Waals surface area contributed by atoms with Crippen LogP contribution in [0.15, 0.2) is 34.4 Å². The molecule has 2 saturated heterocycles. The van der Waals surface area contributed by atoms with Crippen LogP contribution in [0.2, 0.25) is 0 Å². The van der Waals surface area contributed by atoms with Gasteiger partial charge in [-0.3, -0.25) is 9.69 Å². The van der Waals surface area contributed by atoms with Gasteiger partial charge in [-0.1, -0.05) is 31.7 Å². The second-order valence-corrected chi connectivity index (χ2v) is 10.7. The number of fused-ring (bicyclic) bond motifs is 2. The van der Waals surface area contributed by atoms with E-state index in [2.05, 4.69) is 10.00 Å². The van der Waals surface area contributed by atoms with Gasteiger partial charge in [-0.15, -0.1) is 11.3 Å². The van der Waals surface area contributed by atoms with Crippen LogP contribution < -0.4 is 5.56 Å². The first-order valence-electron chi connectivity index (χ1n) is 11.7. The molecule has 162 valence electrons. The average Bonchev–Trinajstić information content (AvgIpc) is 3.26. The molecule has 0 aromatic carbocycles. The summed E-state index contributed by atoms with van der Waals surface area (Å²) in [5.74, 6) is 0.833. The fourth-order valence-corrected chi connectivity index (χ4v) is 6.80. The molecule has 2 bridgehead atoms. The largest absolute Gasteiger partial charge is 0.388 e. The average molecular weight is 428 g/mol. The van der Waals surface area contributed by atoms with E-state index in [1.807, 2.05) is 17.5 Å². The van der Waals surface area contributed by atoms with Gasteiger partial charge in [-0.05, 0) is 62.0 Å². The molecule has 1 aliphatic carbocycles. The number of hydrogen-bond donors (Lipinski definition) is 1. The Morgan fingerprint density at radius 1 is 1.03 bits per heavy atom. The maximum absolute atomic E-state index is 12.5. The molecule has 3 aliphatic rings. The van der Waals surface area contributed by atoms with E-state index in [1.165, 1.54) is 62.6 Å². The molecule has 5 nitrogen and oxygen atoms in total. The van der Waals surface area contributed by atoms with Crippen LogP contribution in [0.4, 0.5) is 0 Å². The Bertz CT molecular complexity index is 889. The summed E-state index contributed by atoms with van der Waals surface area (Å²) in [6.07, 6.45) is 12.0. The molecular formula is C24H33N3O2S. The first-order valence-corrected chi connectivity index (χ1v) is 12.6. The summed E-state index contributed by atoms with van der Waals surface area (Å²) in [4.78, 5) is 16.3. The first-order chi connectivity index (χ1) is 14.6. The third kappa shape index (κ3) is 4.27. The quantitative estimate of drug-likeness (QED) is 0.773. The Hall–Kier alpha value is -1.50. The molecule has 1 saturated carbocycles. The highest BCUT2D eigenvalue weighted by molar-refractivity contribution is 7.13. The van der Waals surface area contributed by atoms with E-state index in [0.717, 1.165) is 29.3 Å². The summed E-state index contributed by atoms with van der Waals surface area (Å²) in [6.45, 7) is 1.51. The molecule has 2 aromatic heterocycles. The minimum atomic E-state index is -0.844. The monoisotopic (exact) mass is 427 g/mol. The molecule has 0 amide bonds. The van der Waals surface area contributed by atoms with Crippen molar-refractivity contribution in [3.05, 3.63) is 40.0 Å². The van der Waals surface area contributed by atoms with Gasteiger partial charge in [-0.2, -0.15) is 5.10 Å². The topological polar surface area (TPSA) is 58.4 Å². The summed E-state index contributed by atoms with van der Waals surface area (Å²) in [5.41, 5.74) is -0.161. The van der Waals surface area contributed by atoms with E-state index in [4.69, 9.17) is 0 Å². The molecule has 0 spiro atoms. The lowest BCUT2D eigenvalue weighted by atomic mass is 9.74. The molecule has 5 rings (SSSR count). The number of nitrogens with zero attached hydrogens (tertiary/aromatic N) is 3. The summed E-state index contributed by atoms with van der Waals surface area (Å²) < 4.78 is 1.50. The van der Waals surface area contributed by atoms with E-state index in [-0.39, 0.29) is 5.56 Å². The van der Waals surface area contributed by atoms with Crippen LogP contribution in [0.5, 0.6) is 0 Å². The Kier molecular flexibility index (Phi) is 5.82. The van der Waals surface area contributed by atoms with Crippen LogP contribution in [0.1, 0.15) is 64.2 Å². The SMILES string of the molecule is O=c1ccc(-c2cccs2)nn1CC1(O)CC2CCCC(C1)N2CC1CCCCC1. The lowest BCUT2D eigenvalue weighted by Crippen LogP contribution is -2.60. The van der Waals surface area contributed by atoms with E-state index in [0.29, 0.717) is 18.6 Å². The van der Waals surface area contributed by atoms with Crippen molar-refractivity contribution in [1.82, 2.24) is 14.7 Å². The molecule has 2 unspecified atom stereocenters. The second-order valence-electron chi connectivity index (χ2n) is 9.76.